The quantitative estimate of drug-likeness (QED) is 0.524. The Morgan fingerprint density at radius 3 is 2.38 bits per heavy atom. The molecule has 0 amide bonds. The van der Waals surface area contributed by atoms with Crippen LogP contribution in [0.15, 0.2) is 0 Å². The molecule has 2 radical (unpaired) electrons. The summed E-state index contributed by atoms with van der Waals surface area (Å²) < 4.78 is 0. The van der Waals surface area contributed by atoms with E-state index in [1.807, 2.05) is 0 Å². The van der Waals surface area contributed by atoms with Gasteiger partial charge in [0.05, 0.1) is 0 Å². The summed E-state index contributed by atoms with van der Waals surface area (Å²) >= 11 is 0. The fourth-order valence-electron chi connectivity index (χ4n) is 0.535. The third-order valence-electron chi connectivity index (χ3n) is 1.36. The molecule has 0 aliphatic heterocycles. The highest BCUT2D eigenvalue weighted by Gasteiger charge is 1.95. The van der Waals surface area contributed by atoms with Crippen LogP contribution in [0.25, 0.3) is 0 Å². The first-order valence-electron chi connectivity index (χ1n) is 3.54. The van der Waals surface area contributed by atoms with Crippen LogP contribution < -0.4 is 0 Å². The van der Waals surface area contributed by atoms with Crippen molar-refractivity contribution in [3.63, 3.8) is 0 Å². The molecule has 0 aliphatic carbocycles. The fraction of sp³-hybridized carbons (Fsp3) is 0.875. The van der Waals surface area contributed by atoms with E-state index in [0.29, 0.717) is 5.92 Å². The molecule has 0 fully saturated rings. The highest BCUT2D eigenvalue weighted by molar-refractivity contribution is 4.69. The lowest BCUT2D eigenvalue weighted by Gasteiger charge is -2.03. The third-order valence-corrected chi connectivity index (χ3v) is 1.36. The molecule has 0 aliphatic rings. The maximum Gasteiger partial charge on any atom is -0.0143 e. The maximum absolute atomic E-state index is 3.38. The lowest BCUT2D eigenvalue weighted by molar-refractivity contribution is 0.610. The van der Waals surface area contributed by atoms with Gasteiger partial charge in [-0.05, 0) is 18.8 Å². The standard InChI is InChI=1S/C8H16/c1-4-6-7-8(3)5-2/h8H,4-6H2,1-3H3. The predicted octanol–water partition coefficient (Wildman–Crippen LogP) is 2.91. The van der Waals surface area contributed by atoms with Crippen molar-refractivity contribution >= 4 is 0 Å². The molecular formula is C8H16. The minimum absolute atomic E-state index is 0.704. The van der Waals surface area contributed by atoms with Gasteiger partial charge in [-0.2, -0.15) is 0 Å². The first-order chi connectivity index (χ1) is 3.81. The molecule has 0 aromatic rings. The zero-order chi connectivity index (χ0) is 6.41. The van der Waals surface area contributed by atoms with E-state index in [1.54, 1.807) is 0 Å². The van der Waals surface area contributed by atoms with Gasteiger partial charge in [0.25, 0.3) is 0 Å². The number of rotatable bonds is 4. The van der Waals surface area contributed by atoms with Gasteiger partial charge in [-0.25, -0.2) is 0 Å². The SMILES string of the molecule is CCC[C]C(C)CC. The van der Waals surface area contributed by atoms with Crippen molar-refractivity contribution in [3.8, 4) is 0 Å². The van der Waals surface area contributed by atoms with Crippen LogP contribution >= 0.6 is 0 Å². The van der Waals surface area contributed by atoms with Crippen molar-refractivity contribution in [2.24, 2.45) is 5.92 Å². The molecule has 1 atom stereocenters. The summed E-state index contributed by atoms with van der Waals surface area (Å²) in [6.45, 7) is 6.61. The van der Waals surface area contributed by atoms with Gasteiger partial charge in [0.1, 0.15) is 0 Å². The minimum atomic E-state index is 0.704. The van der Waals surface area contributed by atoms with E-state index in [0.717, 1.165) is 6.42 Å². The van der Waals surface area contributed by atoms with Crippen molar-refractivity contribution < 1.29 is 0 Å². The second kappa shape index (κ2) is 5.14. The van der Waals surface area contributed by atoms with Crippen molar-refractivity contribution in [2.75, 3.05) is 0 Å². The van der Waals surface area contributed by atoms with Crippen LogP contribution in [0.4, 0.5) is 0 Å². The summed E-state index contributed by atoms with van der Waals surface area (Å²) in [6.07, 6.45) is 7.02. The minimum Gasteiger partial charge on any atom is -0.0654 e. The molecule has 0 saturated carbocycles. The Bertz CT molecular complexity index is 39.3. The highest BCUT2D eigenvalue weighted by Crippen LogP contribution is 2.08. The average Bonchev–Trinajstić information content (AvgIpc) is 1.83. The van der Waals surface area contributed by atoms with Gasteiger partial charge in [0.2, 0.25) is 0 Å². The van der Waals surface area contributed by atoms with Gasteiger partial charge in [0, 0.05) is 0 Å². The molecule has 0 saturated heterocycles. The van der Waals surface area contributed by atoms with Crippen molar-refractivity contribution in [1.29, 1.82) is 0 Å². The maximum atomic E-state index is 3.38. The first-order valence-corrected chi connectivity index (χ1v) is 3.54. The summed E-state index contributed by atoms with van der Waals surface area (Å²) in [7, 11) is 0. The summed E-state index contributed by atoms with van der Waals surface area (Å²) in [6, 6.07) is 0. The van der Waals surface area contributed by atoms with Crippen LogP contribution in [0, 0.1) is 12.3 Å². The second-order valence-electron chi connectivity index (χ2n) is 2.26. The Labute approximate surface area is 53.3 Å². The fourth-order valence-corrected chi connectivity index (χ4v) is 0.535. The van der Waals surface area contributed by atoms with Gasteiger partial charge >= 0.3 is 0 Å². The topological polar surface area (TPSA) is 0 Å². The van der Waals surface area contributed by atoms with Gasteiger partial charge in [0.15, 0.2) is 0 Å². The average molecular weight is 112 g/mol. The Morgan fingerprint density at radius 1 is 1.38 bits per heavy atom. The molecule has 0 N–H and O–H groups in total. The van der Waals surface area contributed by atoms with Crippen LogP contribution in [-0.4, -0.2) is 0 Å². The zero-order valence-corrected chi connectivity index (χ0v) is 6.20. The van der Waals surface area contributed by atoms with Crippen LogP contribution in [0.1, 0.15) is 40.0 Å². The normalized spacial score (nSPS) is 13.9. The van der Waals surface area contributed by atoms with E-state index in [1.165, 1.54) is 12.8 Å². The Kier molecular flexibility index (Phi) is 5.14. The molecule has 0 aromatic carbocycles. The Morgan fingerprint density at radius 2 is 2.00 bits per heavy atom. The van der Waals surface area contributed by atoms with Crippen molar-refractivity contribution in [1.82, 2.24) is 0 Å². The van der Waals surface area contributed by atoms with E-state index < -0.39 is 0 Å². The Hall–Kier alpha value is 0. The number of hydrogen-bond donors (Lipinski definition) is 0. The van der Waals surface area contributed by atoms with E-state index in [-0.39, 0.29) is 0 Å². The molecule has 8 heavy (non-hydrogen) atoms. The molecule has 0 spiro atoms. The molecule has 0 heteroatoms. The summed E-state index contributed by atoms with van der Waals surface area (Å²) in [5, 5.41) is 0. The van der Waals surface area contributed by atoms with Crippen LogP contribution in [-0.2, 0) is 0 Å². The summed E-state index contributed by atoms with van der Waals surface area (Å²) in [5.41, 5.74) is 0. The van der Waals surface area contributed by atoms with Crippen molar-refractivity contribution in [3.05, 3.63) is 6.42 Å². The zero-order valence-electron chi connectivity index (χ0n) is 6.20. The molecule has 0 bridgehead atoms. The number of unbranched alkanes of at least 4 members (excludes halogenated alkanes) is 1. The summed E-state index contributed by atoms with van der Waals surface area (Å²) in [4.78, 5) is 0. The molecule has 1 unspecified atom stereocenters. The van der Waals surface area contributed by atoms with Crippen LogP contribution in [0.5, 0.6) is 0 Å². The van der Waals surface area contributed by atoms with E-state index in [4.69, 9.17) is 0 Å². The smallest absolute Gasteiger partial charge is 0.0143 e. The predicted molar refractivity (Wildman–Crippen MR) is 37.6 cm³/mol. The largest absolute Gasteiger partial charge is 0.0654 e. The summed E-state index contributed by atoms with van der Waals surface area (Å²) in [5.74, 6) is 0.704. The first kappa shape index (κ1) is 8.00. The van der Waals surface area contributed by atoms with Crippen LogP contribution in [0.3, 0.4) is 0 Å². The van der Waals surface area contributed by atoms with E-state index in [2.05, 4.69) is 27.2 Å². The molecule has 0 heterocycles. The molecular weight excluding hydrogens is 96.1 g/mol. The Balaban J connectivity index is 2.86. The lowest BCUT2D eigenvalue weighted by atomic mass is 10.0. The van der Waals surface area contributed by atoms with Crippen LogP contribution in [0.2, 0.25) is 0 Å². The van der Waals surface area contributed by atoms with E-state index >= 15 is 0 Å². The third kappa shape index (κ3) is 4.17. The lowest BCUT2D eigenvalue weighted by Crippen LogP contribution is -1.91. The molecule has 48 valence electrons. The molecule has 0 rings (SSSR count). The van der Waals surface area contributed by atoms with Crippen molar-refractivity contribution in [2.45, 2.75) is 40.0 Å². The van der Waals surface area contributed by atoms with Gasteiger partial charge in [-0.1, -0.05) is 33.6 Å². The van der Waals surface area contributed by atoms with Gasteiger partial charge < -0.3 is 0 Å². The molecule has 0 aromatic heterocycles. The monoisotopic (exact) mass is 112 g/mol. The van der Waals surface area contributed by atoms with Gasteiger partial charge in [-0.15, -0.1) is 0 Å². The second-order valence-corrected chi connectivity index (χ2v) is 2.26. The highest BCUT2D eigenvalue weighted by atomic mass is 14.0. The molecule has 0 nitrogen and oxygen atoms in total. The van der Waals surface area contributed by atoms with Gasteiger partial charge in [-0.3, -0.25) is 0 Å². The van der Waals surface area contributed by atoms with E-state index in [9.17, 15) is 0 Å². The number of hydrogen-bond acceptors (Lipinski definition) is 0.